The predicted molar refractivity (Wildman–Crippen MR) is 144 cm³/mol. The normalized spacial score (nSPS) is 13.7. The molecule has 0 aromatic heterocycles. The van der Waals surface area contributed by atoms with Crippen molar-refractivity contribution < 1.29 is 28.0 Å². The molecule has 8 heteroatoms. The highest BCUT2D eigenvalue weighted by Gasteiger charge is 2.19. The fourth-order valence-electron chi connectivity index (χ4n) is 3.76. The number of likely N-dealkylation sites (N-methyl/N-ethyl adjacent to an activating group) is 1. The van der Waals surface area contributed by atoms with Gasteiger partial charge in [0.15, 0.2) is 0 Å². The number of unbranched alkanes of at least 4 members (excludes halogenated alkanes) is 14. The highest BCUT2D eigenvalue weighted by Crippen LogP contribution is 2.39. The molecule has 0 rings (SSSR count). The first kappa shape index (κ1) is 35.0. The molecule has 35 heavy (non-hydrogen) atoms. The van der Waals surface area contributed by atoms with E-state index in [0.29, 0.717) is 19.8 Å². The molecule has 0 saturated carbocycles. The minimum atomic E-state index is -4.40. The lowest BCUT2D eigenvalue weighted by Gasteiger charge is -2.28. The minimum Gasteiger partial charge on any atom is -0.756 e. The molecule has 0 aliphatic carbocycles. The fourth-order valence-corrected chi connectivity index (χ4v) is 4.62. The topological polar surface area (TPSA) is 80.3 Å². The minimum absolute atomic E-state index is 0.0682. The molecule has 0 radical (unpaired) electrons. The first-order valence-electron chi connectivity index (χ1n) is 14.4. The Hall–Kier alpha value is -0.0100. The molecule has 0 aromatic carbocycles. The van der Waals surface area contributed by atoms with Gasteiger partial charge in [-0.05, 0) is 26.9 Å². The van der Waals surface area contributed by atoms with Crippen LogP contribution in [0.3, 0.4) is 0 Å². The summed E-state index contributed by atoms with van der Waals surface area (Å²) in [5, 5.41) is 0. The van der Waals surface area contributed by atoms with Gasteiger partial charge < -0.3 is 28.3 Å². The Labute approximate surface area is 217 Å². The number of ether oxygens (including phenoxy) is 2. The number of rotatable bonds is 28. The van der Waals surface area contributed by atoms with Crippen molar-refractivity contribution in [1.29, 1.82) is 0 Å². The smallest absolute Gasteiger partial charge is 0.268 e. The van der Waals surface area contributed by atoms with E-state index in [-0.39, 0.29) is 19.8 Å². The van der Waals surface area contributed by atoms with Crippen LogP contribution in [0.4, 0.5) is 0 Å². The summed E-state index contributed by atoms with van der Waals surface area (Å²) >= 11 is 0. The van der Waals surface area contributed by atoms with Crippen LogP contribution >= 0.6 is 7.82 Å². The Morgan fingerprint density at radius 3 is 1.46 bits per heavy atom. The van der Waals surface area contributed by atoms with Gasteiger partial charge >= 0.3 is 0 Å². The molecule has 0 bridgehead atoms. The van der Waals surface area contributed by atoms with Crippen molar-refractivity contribution in [2.45, 2.75) is 123 Å². The van der Waals surface area contributed by atoms with Crippen LogP contribution < -0.4 is 4.89 Å². The second-order valence-electron chi connectivity index (χ2n) is 9.91. The van der Waals surface area contributed by atoms with Gasteiger partial charge in [-0.2, -0.15) is 0 Å². The zero-order valence-corrected chi connectivity index (χ0v) is 24.4. The van der Waals surface area contributed by atoms with E-state index in [2.05, 4.69) is 13.8 Å². The maximum atomic E-state index is 12.2. The van der Waals surface area contributed by atoms with E-state index >= 15 is 0 Å². The summed E-state index contributed by atoms with van der Waals surface area (Å²) in [6.45, 7) is 6.64. The van der Waals surface area contributed by atoms with E-state index in [4.69, 9.17) is 18.5 Å². The van der Waals surface area contributed by atoms with Crippen LogP contribution in [0.25, 0.3) is 0 Å². The highest BCUT2D eigenvalue weighted by atomic mass is 31.2. The molecular weight excluding hydrogens is 465 g/mol. The second kappa shape index (κ2) is 25.6. The Balaban J connectivity index is 4.15. The first-order chi connectivity index (χ1) is 16.9. The van der Waals surface area contributed by atoms with Gasteiger partial charge in [-0.15, -0.1) is 0 Å². The van der Waals surface area contributed by atoms with E-state index in [9.17, 15) is 9.46 Å². The third kappa shape index (κ3) is 26.9. The molecule has 0 fully saturated rings. The van der Waals surface area contributed by atoms with Crippen molar-refractivity contribution in [3.63, 3.8) is 0 Å². The number of hydrogen-bond donors (Lipinski definition) is 0. The Morgan fingerprint density at radius 2 is 1.06 bits per heavy atom. The monoisotopic (exact) mass is 522 g/mol. The molecule has 7 nitrogen and oxygen atoms in total. The van der Waals surface area contributed by atoms with Crippen molar-refractivity contribution in [1.82, 2.24) is 4.90 Å². The fraction of sp³-hybridized carbons (Fsp3) is 1.00. The van der Waals surface area contributed by atoms with Crippen LogP contribution in [0, 0.1) is 0 Å². The van der Waals surface area contributed by atoms with Gasteiger partial charge in [0.2, 0.25) is 0 Å². The van der Waals surface area contributed by atoms with Crippen molar-refractivity contribution in [3.05, 3.63) is 0 Å². The van der Waals surface area contributed by atoms with Gasteiger partial charge in [0.25, 0.3) is 7.82 Å². The number of hydrogen-bond acceptors (Lipinski definition) is 7. The molecule has 0 spiro atoms. The zero-order valence-electron chi connectivity index (χ0n) is 23.5. The lowest BCUT2D eigenvalue weighted by Crippen LogP contribution is -2.28. The number of nitrogens with zero attached hydrogens (tertiary/aromatic N) is 1. The molecule has 1 unspecified atom stereocenters. The number of phosphoric acid groups is 1. The van der Waals surface area contributed by atoms with Crippen molar-refractivity contribution in [2.75, 3.05) is 53.7 Å². The molecule has 0 N–H and O–H groups in total. The molecule has 0 aromatic rings. The van der Waals surface area contributed by atoms with E-state index in [0.717, 1.165) is 25.7 Å². The van der Waals surface area contributed by atoms with E-state index in [1.807, 2.05) is 19.0 Å². The van der Waals surface area contributed by atoms with Crippen LogP contribution in [0.1, 0.15) is 117 Å². The van der Waals surface area contributed by atoms with Gasteiger partial charge in [-0.3, -0.25) is 4.57 Å². The molecule has 212 valence electrons. The lowest BCUT2D eigenvalue weighted by molar-refractivity contribution is -0.233. The van der Waals surface area contributed by atoms with Crippen LogP contribution in [0.15, 0.2) is 0 Å². The maximum absolute atomic E-state index is 12.2. The largest absolute Gasteiger partial charge is 0.756 e. The second-order valence-corrected chi connectivity index (χ2v) is 11.3. The van der Waals surface area contributed by atoms with Crippen LogP contribution in [0.2, 0.25) is 0 Å². The summed E-state index contributed by atoms with van der Waals surface area (Å²) < 4.78 is 34.0. The summed E-state index contributed by atoms with van der Waals surface area (Å²) in [6.07, 6.45) is 19.1. The van der Waals surface area contributed by atoms with Gasteiger partial charge in [0, 0.05) is 19.8 Å². The van der Waals surface area contributed by atoms with Crippen molar-refractivity contribution in [2.24, 2.45) is 0 Å². The average Bonchev–Trinajstić information content (AvgIpc) is 2.80. The van der Waals surface area contributed by atoms with E-state index < -0.39 is 13.9 Å². The van der Waals surface area contributed by atoms with Crippen molar-refractivity contribution >= 4 is 7.82 Å². The summed E-state index contributed by atoms with van der Waals surface area (Å²) in [5.74, 6) is 0. The maximum Gasteiger partial charge on any atom is 0.268 e. The highest BCUT2D eigenvalue weighted by molar-refractivity contribution is 7.45. The summed E-state index contributed by atoms with van der Waals surface area (Å²) in [4.78, 5) is 14.1. The van der Waals surface area contributed by atoms with E-state index in [1.165, 1.54) is 77.0 Å². The third-order valence-corrected chi connectivity index (χ3v) is 7.01. The van der Waals surface area contributed by atoms with Crippen molar-refractivity contribution in [3.8, 4) is 0 Å². The average molecular weight is 523 g/mol. The SMILES string of the molecule is CCCCCCCCCCOCC(COCCCCCCCCCC)OP(=O)([O-])OCCN(C)C. The quantitative estimate of drug-likeness (QED) is 0.0832. The van der Waals surface area contributed by atoms with Gasteiger partial charge in [0.1, 0.15) is 6.10 Å². The molecular formula is C27H57NO6P-. The van der Waals surface area contributed by atoms with E-state index in [1.54, 1.807) is 0 Å². The van der Waals surface area contributed by atoms with Gasteiger partial charge in [-0.25, -0.2) is 0 Å². The number of phosphoric ester groups is 1. The van der Waals surface area contributed by atoms with Gasteiger partial charge in [-0.1, -0.05) is 104 Å². The van der Waals surface area contributed by atoms with Crippen LogP contribution in [0.5, 0.6) is 0 Å². The molecule has 0 saturated heterocycles. The molecule has 0 amide bonds. The molecule has 0 heterocycles. The Morgan fingerprint density at radius 1 is 0.657 bits per heavy atom. The summed E-state index contributed by atoms with van der Waals surface area (Å²) in [5.41, 5.74) is 0. The summed E-state index contributed by atoms with van der Waals surface area (Å²) in [6, 6.07) is 0. The third-order valence-electron chi connectivity index (χ3n) is 5.96. The molecule has 0 aliphatic rings. The molecule has 1 atom stereocenters. The predicted octanol–water partition coefficient (Wildman–Crippen LogP) is 6.73. The Kier molecular flexibility index (Phi) is 25.6. The van der Waals surface area contributed by atoms with Crippen LogP contribution in [-0.4, -0.2) is 64.7 Å². The summed E-state index contributed by atoms with van der Waals surface area (Å²) in [7, 11) is -0.677. The van der Waals surface area contributed by atoms with Crippen LogP contribution in [-0.2, 0) is 23.1 Å². The Bertz CT molecular complexity index is 457. The lowest BCUT2D eigenvalue weighted by atomic mass is 10.1. The van der Waals surface area contributed by atoms with Gasteiger partial charge in [0.05, 0.1) is 19.8 Å². The zero-order chi connectivity index (χ0) is 26.0. The molecule has 0 aliphatic heterocycles. The standard InChI is InChI=1S/C27H58NO6P/c1-5-7-9-11-13-15-17-19-22-31-25-27(34-35(29,30)33-24-21-28(3)4)26-32-23-20-18-16-14-12-10-8-6-2/h27H,5-26H2,1-4H3,(H,29,30)/p-1. The first-order valence-corrected chi connectivity index (χ1v) is 15.8.